The first-order valence-electron chi connectivity index (χ1n) is 8.09. The number of ether oxygens (including phenoxy) is 1. The van der Waals surface area contributed by atoms with E-state index in [0.29, 0.717) is 17.2 Å². The molecule has 26 heavy (non-hydrogen) atoms. The van der Waals surface area contributed by atoms with Crippen molar-refractivity contribution >= 4 is 33.4 Å². The van der Waals surface area contributed by atoms with Crippen molar-refractivity contribution in [2.75, 3.05) is 18.2 Å². The molecule has 2 N–H and O–H groups in total. The SMILES string of the molecule is COc1ccc(CNS(=O)(=O)c2ccc3c(c2)NC(=O)[C@@H](C)CS3)cc1. The van der Waals surface area contributed by atoms with Gasteiger partial charge in [0.15, 0.2) is 0 Å². The van der Waals surface area contributed by atoms with Gasteiger partial charge in [0.2, 0.25) is 15.9 Å². The van der Waals surface area contributed by atoms with E-state index in [2.05, 4.69) is 10.0 Å². The van der Waals surface area contributed by atoms with Gasteiger partial charge in [0, 0.05) is 23.1 Å². The average molecular weight is 393 g/mol. The molecule has 2 aromatic carbocycles. The Kier molecular flexibility index (Phi) is 5.55. The lowest BCUT2D eigenvalue weighted by molar-refractivity contribution is -0.118. The van der Waals surface area contributed by atoms with Crippen LogP contribution in [0.15, 0.2) is 52.3 Å². The molecule has 0 unspecified atom stereocenters. The number of carbonyl (C=O) groups excluding carboxylic acids is 1. The Bertz CT molecular complexity index is 911. The number of nitrogens with one attached hydrogen (secondary N) is 2. The molecule has 0 saturated carbocycles. The Balaban J connectivity index is 1.77. The first-order valence-corrected chi connectivity index (χ1v) is 10.6. The lowest BCUT2D eigenvalue weighted by Gasteiger charge is -2.11. The van der Waals surface area contributed by atoms with Gasteiger partial charge in [-0.15, -0.1) is 11.8 Å². The van der Waals surface area contributed by atoms with Crippen LogP contribution in [0.5, 0.6) is 5.75 Å². The molecule has 6 nitrogen and oxygen atoms in total. The maximum Gasteiger partial charge on any atom is 0.240 e. The molecule has 1 amide bonds. The minimum atomic E-state index is -3.69. The number of thioether (sulfide) groups is 1. The molecule has 138 valence electrons. The summed E-state index contributed by atoms with van der Waals surface area (Å²) in [4.78, 5) is 13.0. The summed E-state index contributed by atoms with van der Waals surface area (Å²) in [6.45, 7) is 2.02. The molecular weight excluding hydrogens is 372 g/mol. The fraction of sp³-hybridized carbons (Fsp3) is 0.278. The molecule has 0 bridgehead atoms. The van der Waals surface area contributed by atoms with Gasteiger partial charge in [-0.05, 0) is 35.9 Å². The average Bonchev–Trinajstić information content (AvgIpc) is 2.78. The van der Waals surface area contributed by atoms with Crippen molar-refractivity contribution in [1.29, 1.82) is 0 Å². The predicted octanol–water partition coefficient (Wildman–Crippen LogP) is 2.85. The lowest BCUT2D eigenvalue weighted by Crippen LogP contribution is -2.24. The molecule has 1 aliphatic heterocycles. The van der Waals surface area contributed by atoms with E-state index in [1.807, 2.05) is 6.92 Å². The van der Waals surface area contributed by atoms with Gasteiger partial charge in [0.05, 0.1) is 17.7 Å². The van der Waals surface area contributed by atoms with Crippen LogP contribution < -0.4 is 14.8 Å². The third-order valence-corrected chi connectivity index (χ3v) is 6.81. The van der Waals surface area contributed by atoms with Crippen molar-refractivity contribution in [3.05, 3.63) is 48.0 Å². The fourth-order valence-electron chi connectivity index (χ4n) is 2.45. The van der Waals surface area contributed by atoms with Gasteiger partial charge in [0.25, 0.3) is 0 Å². The minimum absolute atomic E-state index is 0.100. The third-order valence-electron chi connectivity index (χ3n) is 4.08. The molecule has 1 aliphatic rings. The maximum absolute atomic E-state index is 12.6. The van der Waals surface area contributed by atoms with Gasteiger partial charge in [-0.3, -0.25) is 4.79 Å². The normalized spacial score (nSPS) is 17.2. The topological polar surface area (TPSA) is 84.5 Å². The van der Waals surface area contributed by atoms with Gasteiger partial charge >= 0.3 is 0 Å². The van der Waals surface area contributed by atoms with Crippen LogP contribution in [0, 0.1) is 5.92 Å². The van der Waals surface area contributed by atoms with Crippen LogP contribution in [0.1, 0.15) is 12.5 Å². The monoisotopic (exact) mass is 392 g/mol. The van der Waals surface area contributed by atoms with Crippen molar-refractivity contribution in [3.63, 3.8) is 0 Å². The second-order valence-corrected chi connectivity index (χ2v) is 8.86. The number of anilines is 1. The molecule has 0 aromatic heterocycles. The molecule has 3 rings (SSSR count). The Morgan fingerprint density at radius 1 is 1.23 bits per heavy atom. The summed E-state index contributed by atoms with van der Waals surface area (Å²) in [5.74, 6) is 1.16. The van der Waals surface area contributed by atoms with E-state index in [4.69, 9.17) is 4.74 Å². The standard InChI is InChI=1S/C18H20N2O4S2/c1-12-11-25-17-8-7-15(9-16(17)20-18(12)21)26(22,23)19-10-13-3-5-14(24-2)6-4-13/h3-9,12,19H,10-11H2,1-2H3,(H,20,21)/t12-/m0/s1. The number of benzene rings is 2. The first-order chi connectivity index (χ1) is 12.4. The van der Waals surface area contributed by atoms with Crippen molar-refractivity contribution in [1.82, 2.24) is 4.72 Å². The number of hydrogen-bond acceptors (Lipinski definition) is 5. The van der Waals surface area contributed by atoms with Gasteiger partial charge in [-0.2, -0.15) is 0 Å². The number of hydrogen-bond donors (Lipinski definition) is 2. The molecule has 0 fully saturated rings. The summed E-state index contributed by atoms with van der Waals surface area (Å²) < 4.78 is 32.9. The van der Waals surface area contributed by atoms with Gasteiger partial charge in [-0.1, -0.05) is 19.1 Å². The second kappa shape index (κ2) is 7.69. The number of carbonyl (C=O) groups is 1. The van der Waals surface area contributed by atoms with E-state index in [-0.39, 0.29) is 23.3 Å². The smallest absolute Gasteiger partial charge is 0.240 e. The molecular formula is C18H20N2O4S2. The van der Waals surface area contributed by atoms with E-state index in [9.17, 15) is 13.2 Å². The van der Waals surface area contributed by atoms with Crippen LogP contribution in [0.2, 0.25) is 0 Å². The Labute approximate surface area is 157 Å². The van der Waals surface area contributed by atoms with E-state index < -0.39 is 10.0 Å². The summed E-state index contributed by atoms with van der Waals surface area (Å²) >= 11 is 1.54. The van der Waals surface area contributed by atoms with E-state index in [1.165, 1.54) is 6.07 Å². The predicted molar refractivity (Wildman–Crippen MR) is 102 cm³/mol. The number of fused-ring (bicyclic) bond motifs is 1. The van der Waals surface area contributed by atoms with E-state index >= 15 is 0 Å². The van der Waals surface area contributed by atoms with Crippen LogP contribution >= 0.6 is 11.8 Å². The number of sulfonamides is 1. The van der Waals surface area contributed by atoms with Gasteiger partial charge < -0.3 is 10.1 Å². The maximum atomic E-state index is 12.6. The minimum Gasteiger partial charge on any atom is -0.497 e. The summed E-state index contributed by atoms with van der Waals surface area (Å²) in [6, 6.07) is 12.0. The lowest BCUT2D eigenvalue weighted by atomic mass is 10.2. The van der Waals surface area contributed by atoms with Crippen LogP contribution in [-0.2, 0) is 21.4 Å². The van der Waals surface area contributed by atoms with Crippen LogP contribution in [0.4, 0.5) is 5.69 Å². The van der Waals surface area contributed by atoms with Crippen molar-refractivity contribution in [2.45, 2.75) is 23.3 Å². The molecule has 0 saturated heterocycles. The quantitative estimate of drug-likeness (QED) is 0.817. The summed E-state index contributed by atoms with van der Waals surface area (Å²) in [6.07, 6.45) is 0. The highest BCUT2D eigenvalue weighted by molar-refractivity contribution is 7.99. The number of amides is 1. The molecule has 0 spiro atoms. The summed E-state index contributed by atoms with van der Waals surface area (Å²) in [5.41, 5.74) is 1.36. The van der Waals surface area contributed by atoms with Crippen LogP contribution in [0.25, 0.3) is 0 Å². The molecule has 2 aromatic rings. The van der Waals surface area contributed by atoms with Crippen molar-refractivity contribution < 1.29 is 17.9 Å². The zero-order valence-corrected chi connectivity index (χ0v) is 16.1. The van der Waals surface area contributed by atoms with E-state index in [1.54, 1.807) is 55.3 Å². The first kappa shape index (κ1) is 18.8. The molecule has 1 atom stereocenters. The zero-order chi connectivity index (χ0) is 18.7. The second-order valence-electron chi connectivity index (χ2n) is 6.03. The Morgan fingerprint density at radius 2 is 1.96 bits per heavy atom. The Hall–Kier alpha value is -2.03. The zero-order valence-electron chi connectivity index (χ0n) is 14.5. The number of methoxy groups -OCH3 is 1. The molecule has 0 aliphatic carbocycles. The van der Waals surface area contributed by atoms with Crippen LogP contribution in [0.3, 0.4) is 0 Å². The summed E-state index contributed by atoms with van der Waals surface area (Å²) in [7, 11) is -2.12. The third kappa shape index (κ3) is 4.20. The van der Waals surface area contributed by atoms with E-state index in [0.717, 1.165) is 10.5 Å². The highest BCUT2D eigenvalue weighted by atomic mass is 32.2. The molecule has 8 heteroatoms. The van der Waals surface area contributed by atoms with Gasteiger partial charge in [-0.25, -0.2) is 13.1 Å². The molecule has 1 heterocycles. The van der Waals surface area contributed by atoms with Gasteiger partial charge in [0.1, 0.15) is 5.75 Å². The van der Waals surface area contributed by atoms with Crippen LogP contribution in [-0.4, -0.2) is 27.2 Å². The van der Waals surface area contributed by atoms with Crippen molar-refractivity contribution in [2.24, 2.45) is 5.92 Å². The fourth-order valence-corrected chi connectivity index (χ4v) is 4.51. The highest BCUT2D eigenvalue weighted by Gasteiger charge is 2.22. The van der Waals surface area contributed by atoms with Crippen molar-refractivity contribution in [3.8, 4) is 5.75 Å². The highest BCUT2D eigenvalue weighted by Crippen LogP contribution is 2.34. The largest absolute Gasteiger partial charge is 0.497 e. The Morgan fingerprint density at radius 3 is 2.65 bits per heavy atom. The number of rotatable bonds is 5. The molecule has 0 radical (unpaired) electrons. The summed E-state index contributed by atoms with van der Waals surface area (Å²) in [5, 5.41) is 2.81.